The fourth-order valence-corrected chi connectivity index (χ4v) is 4.15. The number of ketones is 1. The highest BCUT2D eigenvalue weighted by molar-refractivity contribution is 7.89. The zero-order valence-corrected chi connectivity index (χ0v) is 15.6. The van der Waals surface area contributed by atoms with Gasteiger partial charge in [-0.3, -0.25) is 4.79 Å². The van der Waals surface area contributed by atoms with Crippen LogP contribution in [0.5, 0.6) is 0 Å². The Morgan fingerprint density at radius 2 is 1.96 bits per heavy atom. The SMILES string of the molecule is CC(=O)c1c[nH]c(C(=O)OCc2cccc(S(=O)(=O)N3CCOCC3)c2)c1. The van der Waals surface area contributed by atoms with Gasteiger partial charge >= 0.3 is 5.97 Å². The van der Waals surface area contributed by atoms with E-state index in [2.05, 4.69) is 4.98 Å². The Balaban J connectivity index is 1.68. The summed E-state index contributed by atoms with van der Waals surface area (Å²) in [5, 5.41) is 0. The summed E-state index contributed by atoms with van der Waals surface area (Å²) in [4.78, 5) is 26.2. The summed E-state index contributed by atoms with van der Waals surface area (Å²) < 4.78 is 37.2. The number of hydrogen-bond acceptors (Lipinski definition) is 6. The van der Waals surface area contributed by atoms with Crippen molar-refractivity contribution in [3.05, 3.63) is 53.3 Å². The van der Waals surface area contributed by atoms with Gasteiger partial charge in [0.2, 0.25) is 10.0 Å². The number of esters is 1. The van der Waals surface area contributed by atoms with Crippen LogP contribution < -0.4 is 0 Å². The fourth-order valence-electron chi connectivity index (χ4n) is 2.67. The zero-order valence-electron chi connectivity index (χ0n) is 14.8. The molecule has 0 amide bonds. The van der Waals surface area contributed by atoms with Gasteiger partial charge in [0.25, 0.3) is 0 Å². The number of Topliss-reactive ketones (excluding diaryl/α,β-unsaturated/α-hetero) is 1. The number of nitrogens with zero attached hydrogens (tertiary/aromatic N) is 1. The molecule has 2 aromatic rings. The molecular weight excluding hydrogens is 372 g/mol. The van der Waals surface area contributed by atoms with Gasteiger partial charge in [-0.05, 0) is 30.7 Å². The molecule has 144 valence electrons. The smallest absolute Gasteiger partial charge is 0.355 e. The van der Waals surface area contributed by atoms with E-state index in [1.807, 2.05) is 0 Å². The molecule has 0 spiro atoms. The molecule has 2 heterocycles. The number of ether oxygens (including phenoxy) is 2. The summed E-state index contributed by atoms with van der Waals surface area (Å²) in [5.74, 6) is -0.782. The molecule has 1 aromatic heterocycles. The lowest BCUT2D eigenvalue weighted by Crippen LogP contribution is -2.40. The Bertz CT molecular complexity index is 944. The molecule has 0 radical (unpaired) electrons. The van der Waals surface area contributed by atoms with Gasteiger partial charge < -0.3 is 14.5 Å². The molecule has 27 heavy (non-hydrogen) atoms. The van der Waals surface area contributed by atoms with Gasteiger partial charge in [-0.1, -0.05) is 12.1 Å². The van der Waals surface area contributed by atoms with Crippen molar-refractivity contribution in [1.29, 1.82) is 0 Å². The van der Waals surface area contributed by atoms with E-state index in [9.17, 15) is 18.0 Å². The highest BCUT2D eigenvalue weighted by Crippen LogP contribution is 2.19. The van der Waals surface area contributed by atoms with Crippen LogP contribution in [0.15, 0.2) is 41.4 Å². The molecule has 3 rings (SSSR count). The molecule has 8 nitrogen and oxygen atoms in total. The number of hydrogen-bond donors (Lipinski definition) is 1. The summed E-state index contributed by atoms with van der Waals surface area (Å²) in [6, 6.07) is 7.72. The van der Waals surface area contributed by atoms with E-state index >= 15 is 0 Å². The Morgan fingerprint density at radius 3 is 2.63 bits per heavy atom. The molecule has 0 atom stereocenters. The van der Waals surface area contributed by atoms with Gasteiger partial charge in [0.05, 0.1) is 18.1 Å². The molecule has 9 heteroatoms. The lowest BCUT2D eigenvalue weighted by atomic mass is 10.2. The van der Waals surface area contributed by atoms with Gasteiger partial charge in [0.1, 0.15) is 12.3 Å². The second kappa shape index (κ2) is 8.03. The first-order valence-corrected chi connectivity index (χ1v) is 9.85. The maximum absolute atomic E-state index is 12.7. The van der Waals surface area contributed by atoms with E-state index < -0.39 is 16.0 Å². The number of benzene rings is 1. The minimum Gasteiger partial charge on any atom is -0.456 e. The van der Waals surface area contributed by atoms with E-state index in [1.54, 1.807) is 12.1 Å². The van der Waals surface area contributed by atoms with Gasteiger partial charge in [-0.25, -0.2) is 13.2 Å². The molecule has 0 aliphatic carbocycles. The number of morpholine rings is 1. The normalized spacial score (nSPS) is 15.4. The van der Waals surface area contributed by atoms with Gasteiger partial charge in [-0.2, -0.15) is 4.31 Å². The Morgan fingerprint density at radius 1 is 1.22 bits per heavy atom. The summed E-state index contributed by atoms with van der Waals surface area (Å²) in [7, 11) is -3.61. The number of aromatic nitrogens is 1. The average molecular weight is 392 g/mol. The fraction of sp³-hybridized carbons (Fsp3) is 0.333. The number of aromatic amines is 1. The Hall–Kier alpha value is -2.49. The van der Waals surface area contributed by atoms with Gasteiger partial charge in [0, 0.05) is 24.8 Å². The first kappa shape index (κ1) is 19.3. The van der Waals surface area contributed by atoms with E-state index in [0.29, 0.717) is 37.4 Å². The van der Waals surface area contributed by atoms with Crippen molar-refractivity contribution in [3.63, 3.8) is 0 Å². The molecule has 1 saturated heterocycles. The molecule has 1 aromatic carbocycles. The van der Waals surface area contributed by atoms with Crippen LogP contribution >= 0.6 is 0 Å². The molecule has 0 saturated carbocycles. The van der Waals surface area contributed by atoms with Crippen molar-refractivity contribution in [2.45, 2.75) is 18.4 Å². The van der Waals surface area contributed by atoms with Crippen molar-refractivity contribution < 1.29 is 27.5 Å². The second-order valence-corrected chi connectivity index (χ2v) is 8.04. The minimum absolute atomic E-state index is 0.0836. The first-order chi connectivity index (χ1) is 12.9. The third-order valence-electron chi connectivity index (χ3n) is 4.19. The van der Waals surface area contributed by atoms with Crippen molar-refractivity contribution in [1.82, 2.24) is 9.29 Å². The summed E-state index contributed by atoms with van der Waals surface area (Å²) >= 11 is 0. The van der Waals surface area contributed by atoms with Crippen LogP contribution in [-0.2, 0) is 26.1 Å². The lowest BCUT2D eigenvalue weighted by Gasteiger charge is -2.26. The minimum atomic E-state index is -3.61. The number of carbonyl (C=O) groups is 2. The van der Waals surface area contributed by atoms with E-state index in [0.717, 1.165) is 0 Å². The third-order valence-corrected chi connectivity index (χ3v) is 6.08. The summed E-state index contributed by atoms with van der Waals surface area (Å²) in [5.41, 5.74) is 1.11. The van der Waals surface area contributed by atoms with Crippen LogP contribution in [0.1, 0.15) is 33.3 Å². The standard InChI is InChI=1S/C18H20N2O6S/c1-13(21)15-10-17(19-11-15)18(22)26-12-14-3-2-4-16(9-14)27(23,24)20-5-7-25-8-6-20/h2-4,9-11,19H,5-8,12H2,1H3. The maximum atomic E-state index is 12.7. The number of carbonyl (C=O) groups excluding carboxylic acids is 2. The number of H-pyrrole nitrogens is 1. The number of nitrogens with one attached hydrogen (secondary N) is 1. The third kappa shape index (κ3) is 4.44. The van der Waals surface area contributed by atoms with Crippen LogP contribution in [0.3, 0.4) is 0 Å². The van der Waals surface area contributed by atoms with Crippen LogP contribution in [-0.4, -0.2) is 55.8 Å². The van der Waals surface area contributed by atoms with Crippen molar-refractivity contribution >= 4 is 21.8 Å². The van der Waals surface area contributed by atoms with Crippen LogP contribution in [0.4, 0.5) is 0 Å². The van der Waals surface area contributed by atoms with E-state index in [1.165, 1.54) is 35.6 Å². The van der Waals surface area contributed by atoms with E-state index in [-0.39, 0.29) is 23.0 Å². The Kier molecular flexibility index (Phi) is 5.73. The molecule has 1 fully saturated rings. The van der Waals surface area contributed by atoms with Gasteiger partial charge in [0.15, 0.2) is 5.78 Å². The summed E-state index contributed by atoms with van der Waals surface area (Å²) in [6.07, 6.45) is 1.44. The largest absolute Gasteiger partial charge is 0.456 e. The second-order valence-electron chi connectivity index (χ2n) is 6.10. The van der Waals surface area contributed by atoms with Crippen LogP contribution in [0.25, 0.3) is 0 Å². The van der Waals surface area contributed by atoms with Crippen molar-refractivity contribution in [3.8, 4) is 0 Å². The van der Waals surface area contributed by atoms with Crippen molar-refractivity contribution in [2.75, 3.05) is 26.3 Å². The topological polar surface area (TPSA) is 106 Å². The van der Waals surface area contributed by atoms with Gasteiger partial charge in [-0.15, -0.1) is 0 Å². The number of sulfonamides is 1. The molecular formula is C18H20N2O6S. The lowest BCUT2D eigenvalue weighted by molar-refractivity contribution is 0.0466. The van der Waals surface area contributed by atoms with Crippen molar-refractivity contribution in [2.24, 2.45) is 0 Å². The predicted molar refractivity (Wildman–Crippen MR) is 95.9 cm³/mol. The predicted octanol–water partition coefficient (Wildman–Crippen LogP) is 1.60. The Labute approximate surface area is 157 Å². The molecule has 1 aliphatic heterocycles. The molecule has 0 bridgehead atoms. The van der Waals surface area contributed by atoms with Crippen LogP contribution in [0, 0.1) is 0 Å². The number of rotatable bonds is 6. The quantitative estimate of drug-likeness (QED) is 0.591. The molecule has 1 aliphatic rings. The maximum Gasteiger partial charge on any atom is 0.355 e. The van der Waals surface area contributed by atoms with Crippen LogP contribution in [0.2, 0.25) is 0 Å². The molecule has 1 N–H and O–H groups in total. The highest BCUT2D eigenvalue weighted by atomic mass is 32.2. The molecule has 0 unspecified atom stereocenters. The van der Waals surface area contributed by atoms with E-state index in [4.69, 9.17) is 9.47 Å². The summed E-state index contributed by atoms with van der Waals surface area (Å²) in [6.45, 7) is 2.68. The zero-order chi connectivity index (χ0) is 19.4. The average Bonchev–Trinajstić information content (AvgIpc) is 3.18. The first-order valence-electron chi connectivity index (χ1n) is 8.41. The monoisotopic (exact) mass is 392 g/mol. The highest BCUT2D eigenvalue weighted by Gasteiger charge is 2.26.